The molecule has 0 fully saturated rings. The van der Waals surface area contributed by atoms with E-state index in [-0.39, 0.29) is 17.6 Å². The topological polar surface area (TPSA) is 95.5 Å². The van der Waals surface area contributed by atoms with Crippen LogP contribution in [0.2, 0.25) is 0 Å². The number of carbonyl (C=O) groups excluding carboxylic acids is 2. The average molecular weight is 439 g/mol. The molecule has 3 N–H and O–H groups in total. The van der Waals surface area contributed by atoms with Crippen LogP contribution in [0.3, 0.4) is 0 Å². The van der Waals surface area contributed by atoms with Gasteiger partial charge >= 0.3 is 5.97 Å². The van der Waals surface area contributed by atoms with E-state index in [2.05, 4.69) is 10.6 Å². The second-order valence-electron chi connectivity index (χ2n) is 7.72. The number of anilines is 2. The first-order valence-electron chi connectivity index (χ1n) is 10.1. The van der Waals surface area contributed by atoms with Crippen molar-refractivity contribution < 1.29 is 19.5 Å². The van der Waals surface area contributed by atoms with E-state index in [9.17, 15) is 19.5 Å². The largest absolute Gasteiger partial charge is 0.481 e. The van der Waals surface area contributed by atoms with Crippen LogP contribution in [0.5, 0.6) is 0 Å². The van der Waals surface area contributed by atoms with Gasteiger partial charge in [0.2, 0.25) is 11.8 Å². The van der Waals surface area contributed by atoms with Crippen molar-refractivity contribution in [2.45, 2.75) is 31.6 Å². The van der Waals surface area contributed by atoms with Crippen LogP contribution in [-0.4, -0.2) is 28.6 Å². The summed E-state index contributed by atoms with van der Waals surface area (Å²) in [4.78, 5) is 37.2. The zero-order valence-electron chi connectivity index (χ0n) is 17.6. The third kappa shape index (κ3) is 6.46. The summed E-state index contributed by atoms with van der Waals surface area (Å²) < 4.78 is 0. The van der Waals surface area contributed by atoms with Gasteiger partial charge in [-0.2, -0.15) is 0 Å². The fourth-order valence-corrected chi connectivity index (χ4v) is 4.42. The van der Waals surface area contributed by atoms with Gasteiger partial charge in [-0.3, -0.25) is 14.4 Å². The smallest absolute Gasteiger partial charge is 0.307 e. The third-order valence-electron chi connectivity index (χ3n) is 5.06. The van der Waals surface area contributed by atoms with E-state index in [1.807, 2.05) is 50.3 Å². The quantitative estimate of drug-likeness (QED) is 0.432. The molecule has 0 bridgehead atoms. The highest BCUT2D eigenvalue weighted by molar-refractivity contribution is 8.00. The number of nitrogens with one attached hydrogen (secondary N) is 2. The molecular weight excluding hydrogens is 412 g/mol. The molecule has 162 valence electrons. The van der Waals surface area contributed by atoms with Crippen LogP contribution >= 0.6 is 11.8 Å². The number of carbonyl (C=O) groups is 3. The Hall–Kier alpha value is -3.06. The molecule has 1 aliphatic carbocycles. The van der Waals surface area contributed by atoms with Gasteiger partial charge in [0.15, 0.2) is 0 Å². The van der Waals surface area contributed by atoms with Crippen molar-refractivity contribution in [3.8, 4) is 0 Å². The van der Waals surface area contributed by atoms with Gasteiger partial charge in [0.05, 0.1) is 17.6 Å². The molecule has 0 saturated heterocycles. The molecule has 0 heterocycles. The zero-order valence-corrected chi connectivity index (χ0v) is 18.4. The molecule has 0 spiro atoms. The van der Waals surface area contributed by atoms with Crippen molar-refractivity contribution in [2.75, 3.05) is 16.4 Å². The Morgan fingerprint density at radius 3 is 2.29 bits per heavy atom. The van der Waals surface area contributed by atoms with Gasteiger partial charge in [0, 0.05) is 16.3 Å². The summed E-state index contributed by atoms with van der Waals surface area (Å²) in [5, 5.41) is 15.1. The van der Waals surface area contributed by atoms with Crippen LogP contribution in [-0.2, 0) is 14.4 Å². The van der Waals surface area contributed by atoms with Gasteiger partial charge in [0.25, 0.3) is 0 Å². The number of rotatable bonds is 7. The molecule has 2 unspecified atom stereocenters. The fourth-order valence-electron chi connectivity index (χ4n) is 3.67. The zero-order chi connectivity index (χ0) is 22.4. The lowest BCUT2D eigenvalue weighted by Gasteiger charge is -2.24. The molecule has 1 aliphatic rings. The number of aliphatic carboxylic acids is 1. The summed E-state index contributed by atoms with van der Waals surface area (Å²) in [6.07, 6.45) is 4.43. The highest BCUT2D eigenvalue weighted by Gasteiger charge is 2.33. The van der Waals surface area contributed by atoms with Crippen molar-refractivity contribution in [1.29, 1.82) is 0 Å². The van der Waals surface area contributed by atoms with E-state index in [1.165, 1.54) is 11.8 Å². The van der Waals surface area contributed by atoms with Crippen molar-refractivity contribution >= 4 is 40.9 Å². The van der Waals surface area contributed by atoms with E-state index >= 15 is 0 Å². The minimum atomic E-state index is -0.955. The first-order valence-corrected chi connectivity index (χ1v) is 11.1. The lowest BCUT2D eigenvalue weighted by Crippen LogP contribution is -2.34. The maximum atomic E-state index is 12.6. The summed E-state index contributed by atoms with van der Waals surface area (Å²) in [5.41, 5.74) is 3.54. The summed E-state index contributed by atoms with van der Waals surface area (Å²) in [6, 6.07) is 13.1. The first-order chi connectivity index (χ1) is 14.8. The van der Waals surface area contributed by atoms with Crippen LogP contribution < -0.4 is 10.6 Å². The molecule has 0 radical (unpaired) electrons. The Morgan fingerprint density at radius 1 is 0.935 bits per heavy atom. The van der Waals surface area contributed by atoms with Crippen LogP contribution in [0.4, 0.5) is 11.4 Å². The number of aryl methyl sites for hydroxylation is 2. The molecule has 0 aliphatic heterocycles. The number of carboxylic acid groups (broad SMARTS) is 1. The summed E-state index contributed by atoms with van der Waals surface area (Å²) >= 11 is 1.37. The second-order valence-corrected chi connectivity index (χ2v) is 8.77. The van der Waals surface area contributed by atoms with Gasteiger partial charge in [-0.15, -0.1) is 11.8 Å². The number of amides is 2. The van der Waals surface area contributed by atoms with E-state index in [1.54, 1.807) is 18.2 Å². The van der Waals surface area contributed by atoms with Crippen molar-refractivity contribution in [3.05, 3.63) is 65.7 Å². The molecule has 2 aromatic carbocycles. The average Bonchev–Trinajstić information content (AvgIpc) is 2.71. The monoisotopic (exact) mass is 438 g/mol. The Kier molecular flexibility index (Phi) is 7.52. The molecule has 2 amide bonds. The summed E-state index contributed by atoms with van der Waals surface area (Å²) in [6.45, 7) is 3.97. The Balaban J connectivity index is 1.57. The molecule has 2 aromatic rings. The Morgan fingerprint density at radius 2 is 1.61 bits per heavy atom. The van der Waals surface area contributed by atoms with Gasteiger partial charge in [-0.05, 0) is 68.1 Å². The minimum absolute atomic E-state index is 0.109. The second kappa shape index (κ2) is 10.3. The van der Waals surface area contributed by atoms with Crippen LogP contribution in [0.25, 0.3) is 0 Å². The maximum absolute atomic E-state index is 12.6. The number of thioether (sulfide) groups is 1. The molecule has 3 rings (SSSR count). The van der Waals surface area contributed by atoms with E-state index in [0.29, 0.717) is 18.5 Å². The molecule has 31 heavy (non-hydrogen) atoms. The molecule has 0 saturated carbocycles. The third-order valence-corrected chi connectivity index (χ3v) is 6.06. The Bertz CT molecular complexity index is 998. The van der Waals surface area contributed by atoms with E-state index in [4.69, 9.17) is 0 Å². The number of allylic oxidation sites excluding steroid dienone is 2. The number of benzene rings is 2. The molecular formula is C24H26N2O4S. The van der Waals surface area contributed by atoms with Gasteiger partial charge in [-0.1, -0.05) is 24.3 Å². The number of carboxylic acids is 1. The summed E-state index contributed by atoms with van der Waals surface area (Å²) in [7, 11) is 0. The normalized spacial score (nSPS) is 17.7. The molecule has 2 atom stereocenters. The van der Waals surface area contributed by atoms with Crippen LogP contribution in [0, 0.1) is 25.7 Å². The highest BCUT2D eigenvalue weighted by atomic mass is 32.2. The fraction of sp³-hybridized carbons (Fsp3) is 0.292. The lowest BCUT2D eigenvalue weighted by atomic mass is 9.82. The van der Waals surface area contributed by atoms with Crippen LogP contribution in [0.1, 0.15) is 24.0 Å². The van der Waals surface area contributed by atoms with Gasteiger partial charge < -0.3 is 15.7 Å². The van der Waals surface area contributed by atoms with Crippen LogP contribution in [0.15, 0.2) is 59.5 Å². The maximum Gasteiger partial charge on any atom is 0.307 e. The van der Waals surface area contributed by atoms with Crippen molar-refractivity contribution in [3.63, 3.8) is 0 Å². The summed E-state index contributed by atoms with van der Waals surface area (Å²) in [5.74, 6) is -2.43. The lowest BCUT2D eigenvalue weighted by molar-refractivity contribution is -0.146. The standard InChI is InChI=1S/C24H26N2O4S/c1-15-10-16(2)12-18(11-15)25-22(27)14-31-19-7-5-6-17(13-19)26-23(28)20-8-3-4-9-21(20)24(29)30/h3-7,10-13,20-21H,8-9,14H2,1-2H3,(H,25,27)(H,26,28)(H,29,30). The Labute approximate surface area is 186 Å². The highest BCUT2D eigenvalue weighted by Crippen LogP contribution is 2.28. The molecule has 7 heteroatoms. The van der Waals surface area contributed by atoms with Gasteiger partial charge in [0.1, 0.15) is 0 Å². The van der Waals surface area contributed by atoms with E-state index < -0.39 is 17.8 Å². The number of hydrogen-bond donors (Lipinski definition) is 3. The van der Waals surface area contributed by atoms with Gasteiger partial charge in [-0.25, -0.2) is 0 Å². The minimum Gasteiger partial charge on any atom is -0.481 e. The van der Waals surface area contributed by atoms with Crippen molar-refractivity contribution in [1.82, 2.24) is 0 Å². The number of hydrogen-bond acceptors (Lipinski definition) is 4. The first kappa shape index (κ1) is 22.6. The molecule has 0 aromatic heterocycles. The predicted molar refractivity (Wildman–Crippen MR) is 123 cm³/mol. The molecule has 6 nitrogen and oxygen atoms in total. The van der Waals surface area contributed by atoms with E-state index in [0.717, 1.165) is 21.7 Å². The van der Waals surface area contributed by atoms with Crippen molar-refractivity contribution in [2.24, 2.45) is 11.8 Å². The SMILES string of the molecule is Cc1cc(C)cc(NC(=O)CSc2cccc(NC(=O)C3CC=CCC3C(=O)O)c2)c1. The predicted octanol–water partition coefficient (Wildman–Crippen LogP) is 4.64.